The first-order valence-electron chi connectivity index (χ1n) is 12.1. The molecular weight excluding hydrogens is 527 g/mol. The molecule has 1 aromatic carbocycles. The molecule has 1 saturated heterocycles. The molecule has 202 valence electrons. The van der Waals surface area contributed by atoms with Crippen LogP contribution >= 0.6 is 11.6 Å². The Morgan fingerprint density at radius 2 is 1.69 bits per heavy atom. The Bertz CT molecular complexity index is 1430. The lowest BCUT2D eigenvalue weighted by atomic mass is 10.2. The third kappa shape index (κ3) is 6.14. The number of methoxy groups -OCH3 is 2. The van der Waals surface area contributed by atoms with Gasteiger partial charge in [0.2, 0.25) is 0 Å². The molecule has 1 fully saturated rings. The molecule has 4 aromatic rings. The molecule has 2 N–H and O–H groups in total. The molecule has 1 aliphatic rings. The minimum Gasteiger partial charge on any atom is -0.495 e. The van der Waals surface area contributed by atoms with Gasteiger partial charge in [-0.05, 0) is 17.7 Å². The molecule has 39 heavy (non-hydrogen) atoms. The molecule has 4 heterocycles. The number of anilines is 4. The third-order valence-corrected chi connectivity index (χ3v) is 6.39. The van der Waals surface area contributed by atoms with Gasteiger partial charge in [-0.15, -0.1) is 0 Å². The Hall–Kier alpha value is -4.13. The lowest BCUT2D eigenvalue weighted by molar-refractivity contribution is 0.0342. The number of halogens is 2. The average Bonchev–Trinajstić information content (AvgIpc) is 2.96. The second kappa shape index (κ2) is 12.2. The standard InChI is InChI=1S/C26H26ClFN8O3/c1-37-18-13-19(38-2)23(28)25(22(18)27)35-26-24(30-5-6-31-26)17-12-21(33-15-32-17)34-20-11-16(3-4-29-20)14-36-7-9-39-10-8-36/h3-6,11-13,15H,7-10,14H2,1-2H3,(H,31,35)(H,29,32,33,34). The number of nitrogens with one attached hydrogen (secondary N) is 2. The molecule has 3 aromatic heterocycles. The van der Waals surface area contributed by atoms with Crippen LogP contribution in [0.3, 0.4) is 0 Å². The Labute approximate surface area is 229 Å². The fourth-order valence-corrected chi connectivity index (χ4v) is 4.34. The highest BCUT2D eigenvalue weighted by atomic mass is 35.5. The summed E-state index contributed by atoms with van der Waals surface area (Å²) in [6.45, 7) is 4.07. The number of hydrogen-bond acceptors (Lipinski definition) is 11. The maximum Gasteiger partial charge on any atom is 0.190 e. The summed E-state index contributed by atoms with van der Waals surface area (Å²) < 4.78 is 30.9. The summed E-state index contributed by atoms with van der Waals surface area (Å²) in [6, 6.07) is 7.04. The van der Waals surface area contributed by atoms with Gasteiger partial charge in [0, 0.05) is 50.4 Å². The minimum atomic E-state index is -0.701. The Kier molecular flexibility index (Phi) is 8.25. The highest BCUT2D eigenvalue weighted by molar-refractivity contribution is 6.35. The smallest absolute Gasteiger partial charge is 0.190 e. The topological polar surface area (TPSA) is 119 Å². The van der Waals surface area contributed by atoms with Crippen LogP contribution in [0.15, 0.2) is 49.2 Å². The fraction of sp³-hybridized carbons (Fsp3) is 0.269. The van der Waals surface area contributed by atoms with Crippen molar-refractivity contribution in [2.24, 2.45) is 0 Å². The van der Waals surface area contributed by atoms with Gasteiger partial charge in [-0.1, -0.05) is 11.6 Å². The summed E-state index contributed by atoms with van der Waals surface area (Å²) in [7, 11) is 2.78. The summed E-state index contributed by atoms with van der Waals surface area (Å²) in [5.74, 6) is 0.859. The number of aromatic nitrogens is 5. The van der Waals surface area contributed by atoms with Crippen LogP contribution in [-0.2, 0) is 11.3 Å². The molecule has 0 aliphatic carbocycles. The van der Waals surface area contributed by atoms with Crippen molar-refractivity contribution in [2.75, 3.05) is 51.2 Å². The summed E-state index contributed by atoms with van der Waals surface area (Å²) in [4.78, 5) is 24.2. The lowest BCUT2D eigenvalue weighted by Crippen LogP contribution is -2.35. The quantitative estimate of drug-likeness (QED) is 0.306. The van der Waals surface area contributed by atoms with Crippen LogP contribution < -0.4 is 20.1 Å². The molecule has 0 saturated carbocycles. The normalized spacial score (nSPS) is 13.6. The molecule has 0 amide bonds. The van der Waals surface area contributed by atoms with Gasteiger partial charge in [0.1, 0.15) is 40.1 Å². The number of rotatable bonds is 9. The summed E-state index contributed by atoms with van der Waals surface area (Å²) >= 11 is 6.40. The van der Waals surface area contributed by atoms with E-state index in [4.69, 9.17) is 25.8 Å². The zero-order valence-electron chi connectivity index (χ0n) is 21.3. The van der Waals surface area contributed by atoms with E-state index in [1.165, 1.54) is 39.0 Å². The zero-order chi connectivity index (χ0) is 27.2. The van der Waals surface area contributed by atoms with Crippen molar-refractivity contribution >= 4 is 34.7 Å². The number of hydrogen-bond donors (Lipinski definition) is 2. The maximum atomic E-state index is 15.1. The van der Waals surface area contributed by atoms with Gasteiger partial charge in [0.25, 0.3) is 0 Å². The van der Waals surface area contributed by atoms with E-state index in [0.717, 1.165) is 38.4 Å². The zero-order valence-corrected chi connectivity index (χ0v) is 22.1. The molecule has 0 spiro atoms. The number of pyridine rings is 1. The van der Waals surface area contributed by atoms with E-state index in [1.54, 1.807) is 12.3 Å². The van der Waals surface area contributed by atoms with Gasteiger partial charge >= 0.3 is 0 Å². The number of benzene rings is 1. The summed E-state index contributed by atoms with van der Waals surface area (Å²) in [5.41, 5.74) is 1.85. The van der Waals surface area contributed by atoms with E-state index >= 15 is 4.39 Å². The summed E-state index contributed by atoms with van der Waals surface area (Å²) in [6.07, 6.45) is 6.14. The summed E-state index contributed by atoms with van der Waals surface area (Å²) in [5, 5.41) is 6.17. The van der Waals surface area contributed by atoms with E-state index in [-0.39, 0.29) is 28.0 Å². The van der Waals surface area contributed by atoms with Crippen molar-refractivity contribution in [3.05, 3.63) is 65.6 Å². The maximum absolute atomic E-state index is 15.1. The third-order valence-electron chi connectivity index (χ3n) is 6.02. The second-order valence-electron chi connectivity index (χ2n) is 8.51. The first kappa shape index (κ1) is 26.5. The Morgan fingerprint density at radius 3 is 2.49 bits per heavy atom. The van der Waals surface area contributed by atoms with Gasteiger partial charge in [0.15, 0.2) is 17.4 Å². The van der Waals surface area contributed by atoms with Crippen molar-refractivity contribution < 1.29 is 18.6 Å². The molecule has 0 bridgehead atoms. The predicted octanol–water partition coefficient (Wildman–Crippen LogP) is 4.46. The van der Waals surface area contributed by atoms with E-state index in [0.29, 0.717) is 23.0 Å². The van der Waals surface area contributed by atoms with Crippen molar-refractivity contribution in [3.63, 3.8) is 0 Å². The van der Waals surface area contributed by atoms with Crippen LogP contribution in [-0.4, -0.2) is 70.3 Å². The number of nitrogens with zero attached hydrogens (tertiary/aromatic N) is 6. The van der Waals surface area contributed by atoms with Crippen molar-refractivity contribution in [1.29, 1.82) is 0 Å². The van der Waals surface area contributed by atoms with Crippen LogP contribution in [0, 0.1) is 5.82 Å². The van der Waals surface area contributed by atoms with E-state index < -0.39 is 5.82 Å². The van der Waals surface area contributed by atoms with Crippen molar-refractivity contribution in [1.82, 2.24) is 29.8 Å². The molecule has 11 nitrogen and oxygen atoms in total. The van der Waals surface area contributed by atoms with Gasteiger partial charge in [0.05, 0.1) is 33.1 Å². The largest absolute Gasteiger partial charge is 0.495 e. The van der Waals surface area contributed by atoms with Crippen LogP contribution in [0.5, 0.6) is 11.5 Å². The molecule has 0 atom stereocenters. The highest BCUT2D eigenvalue weighted by Gasteiger charge is 2.21. The molecule has 0 radical (unpaired) electrons. The van der Waals surface area contributed by atoms with Gasteiger partial charge in [-0.2, -0.15) is 0 Å². The average molecular weight is 553 g/mol. The van der Waals surface area contributed by atoms with Crippen LogP contribution in [0.4, 0.5) is 27.5 Å². The Morgan fingerprint density at radius 1 is 0.923 bits per heavy atom. The van der Waals surface area contributed by atoms with E-state index in [1.807, 2.05) is 12.1 Å². The van der Waals surface area contributed by atoms with Gasteiger partial charge in [-0.3, -0.25) is 4.90 Å². The first-order valence-corrected chi connectivity index (χ1v) is 12.5. The fourth-order valence-electron chi connectivity index (χ4n) is 4.08. The number of morpholine rings is 1. The molecule has 5 rings (SSSR count). The van der Waals surface area contributed by atoms with Crippen molar-refractivity contribution in [3.8, 4) is 22.9 Å². The highest BCUT2D eigenvalue weighted by Crippen LogP contribution is 2.41. The predicted molar refractivity (Wildman–Crippen MR) is 144 cm³/mol. The SMILES string of the molecule is COc1cc(OC)c(Cl)c(Nc2nccnc2-c2cc(Nc3cc(CN4CCOCC4)ccn3)ncn2)c1F. The van der Waals surface area contributed by atoms with E-state index in [2.05, 4.69) is 40.5 Å². The molecule has 1 aliphatic heterocycles. The van der Waals surface area contributed by atoms with Gasteiger partial charge in [-0.25, -0.2) is 29.3 Å². The molecular formula is C26H26ClFN8O3. The first-order chi connectivity index (χ1) is 19.1. The molecule has 13 heteroatoms. The monoisotopic (exact) mass is 552 g/mol. The lowest BCUT2D eigenvalue weighted by Gasteiger charge is -2.26. The van der Waals surface area contributed by atoms with Gasteiger partial charge < -0.3 is 24.8 Å². The van der Waals surface area contributed by atoms with Crippen molar-refractivity contribution in [2.45, 2.75) is 6.54 Å². The minimum absolute atomic E-state index is 0.0282. The van der Waals surface area contributed by atoms with E-state index in [9.17, 15) is 0 Å². The van der Waals surface area contributed by atoms with Crippen LogP contribution in [0.1, 0.15) is 5.56 Å². The second-order valence-corrected chi connectivity index (χ2v) is 8.89. The van der Waals surface area contributed by atoms with Crippen LogP contribution in [0.2, 0.25) is 5.02 Å². The number of ether oxygens (including phenoxy) is 3. The molecule has 0 unspecified atom stereocenters. The Balaban J connectivity index is 1.40. The van der Waals surface area contributed by atoms with Crippen LogP contribution in [0.25, 0.3) is 11.4 Å².